The quantitative estimate of drug-likeness (QED) is 0.818. The van der Waals surface area contributed by atoms with Gasteiger partial charge in [0.15, 0.2) is 0 Å². The second-order valence-corrected chi connectivity index (χ2v) is 6.36. The Morgan fingerprint density at radius 1 is 1.10 bits per heavy atom. The van der Waals surface area contributed by atoms with E-state index in [0.29, 0.717) is 0 Å². The van der Waals surface area contributed by atoms with Crippen LogP contribution in [0.3, 0.4) is 0 Å². The van der Waals surface area contributed by atoms with Crippen LogP contribution in [-0.4, -0.2) is 37.7 Å². The van der Waals surface area contributed by atoms with Crippen LogP contribution < -0.4 is 10.5 Å². The summed E-state index contributed by atoms with van der Waals surface area (Å²) in [6.07, 6.45) is 8.96. The van der Waals surface area contributed by atoms with Crippen molar-refractivity contribution in [2.45, 2.75) is 50.5 Å². The highest BCUT2D eigenvalue weighted by atomic mass is 16.5. The van der Waals surface area contributed by atoms with Crippen molar-refractivity contribution in [3.05, 3.63) is 29.8 Å². The number of hydrogen-bond acceptors (Lipinski definition) is 3. The summed E-state index contributed by atoms with van der Waals surface area (Å²) in [4.78, 5) is 2.52. The lowest BCUT2D eigenvalue weighted by atomic mass is 9.88. The molecule has 0 aromatic heterocycles. The fourth-order valence-corrected chi connectivity index (χ4v) is 3.45. The van der Waals surface area contributed by atoms with Crippen LogP contribution in [0.2, 0.25) is 0 Å². The van der Waals surface area contributed by atoms with Crippen LogP contribution >= 0.6 is 0 Å². The average Bonchev–Trinajstić information content (AvgIpc) is 2.79. The smallest absolute Gasteiger partial charge is 0.118 e. The van der Waals surface area contributed by atoms with Gasteiger partial charge in [0, 0.05) is 18.6 Å². The van der Waals surface area contributed by atoms with Crippen LogP contribution in [0, 0.1) is 0 Å². The van der Waals surface area contributed by atoms with Gasteiger partial charge in [0.2, 0.25) is 0 Å². The normalized spacial score (nSPS) is 18.5. The van der Waals surface area contributed by atoms with Crippen molar-refractivity contribution in [3.8, 4) is 5.75 Å². The van der Waals surface area contributed by atoms with E-state index in [1.54, 1.807) is 7.11 Å². The molecule has 0 unspecified atom stereocenters. The van der Waals surface area contributed by atoms with Crippen LogP contribution in [0.1, 0.15) is 44.1 Å². The zero-order valence-electron chi connectivity index (χ0n) is 13.6. The third-order valence-electron chi connectivity index (χ3n) is 5.12. The molecule has 0 bridgehead atoms. The Hall–Kier alpha value is -1.06. The fourth-order valence-electron chi connectivity index (χ4n) is 3.45. The molecule has 2 rings (SSSR count). The van der Waals surface area contributed by atoms with Gasteiger partial charge in [0.1, 0.15) is 5.75 Å². The van der Waals surface area contributed by atoms with Gasteiger partial charge in [0.05, 0.1) is 7.11 Å². The first kappa shape index (κ1) is 16.3. The van der Waals surface area contributed by atoms with Crippen LogP contribution in [0.4, 0.5) is 0 Å². The van der Waals surface area contributed by atoms with Crippen molar-refractivity contribution >= 4 is 0 Å². The summed E-state index contributed by atoms with van der Waals surface area (Å²) in [5.41, 5.74) is 7.75. The molecule has 1 fully saturated rings. The fraction of sp³-hybridized carbons (Fsp3) is 0.667. The number of likely N-dealkylation sites (N-methyl/N-ethyl adjacent to an activating group) is 1. The average molecular weight is 290 g/mol. The molecular formula is C18H30N2O. The molecule has 0 heterocycles. The van der Waals surface area contributed by atoms with E-state index in [2.05, 4.69) is 24.1 Å². The first-order valence-corrected chi connectivity index (χ1v) is 8.24. The Morgan fingerprint density at radius 2 is 1.71 bits per heavy atom. The molecule has 1 aromatic carbocycles. The van der Waals surface area contributed by atoms with E-state index in [-0.39, 0.29) is 5.54 Å². The number of methoxy groups -OCH3 is 1. The number of hydrogen-bond donors (Lipinski definition) is 1. The van der Waals surface area contributed by atoms with Crippen molar-refractivity contribution in [3.63, 3.8) is 0 Å². The minimum Gasteiger partial charge on any atom is -0.497 e. The van der Waals surface area contributed by atoms with Crippen LogP contribution in [-0.2, 0) is 6.42 Å². The van der Waals surface area contributed by atoms with Gasteiger partial charge in [0.25, 0.3) is 0 Å². The maximum Gasteiger partial charge on any atom is 0.118 e. The maximum atomic E-state index is 6.16. The topological polar surface area (TPSA) is 38.5 Å². The van der Waals surface area contributed by atoms with Gasteiger partial charge in [-0.3, -0.25) is 4.90 Å². The minimum absolute atomic E-state index is 0.225. The molecule has 1 aromatic rings. The van der Waals surface area contributed by atoms with Gasteiger partial charge >= 0.3 is 0 Å². The molecule has 0 saturated heterocycles. The molecule has 0 amide bonds. The molecule has 0 aliphatic heterocycles. The van der Waals surface area contributed by atoms with E-state index >= 15 is 0 Å². The van der Waals surface area contributed by atoms with E-state index in [4.69, 9.17) is 10.5 Å². The SMILES string of the molecule is COc1ccc(CCN(C)C2(CN)CCCCCC2)cc1. The molecule has 21 heavy (non-hydrogen) atoms. The number of benzene rings is 1. The largest absolute Gasteiger partial charge is 0.497 e. The van der Waals surface area contributed by atoms with Crippen molar-refractivity contribution in [1.29, 1.82) is 0 Å². The highest BCUT2D eigenvalue weighted by molar-refractivity contribution is 5.27. The second kappa shape index (κ2) is 7.81. The van der Waals surface area contributed by atoms with Crippen molar-refractivity contribution < 1.29 is 4.74 Å². The molecule has 1 aliphatic carbocycles. The van der Waals surface area contributed by atoms with Crippen molar-refractivity contribution in [1.82, 2.24) is 4.90 Å². The zero-order chi connectivity index (χ0) is 15.1. The molecule has 118 valence electrons. The lowest BCUT2D eigenvalue weighted by molar-refractivity contribution is 0.109. The molecule has 3 nitrogen and oxygen atoms in total. The van der Waals surface area contributed by atoms with Crippen LogP contribution in [0.5, 0.6) is 5.75 Å². The van der Waals surface area contributed by atoms with Gasteiger partial charge in [-0.05, 0) is 44.0 Å². The lowest BCUT2D eigenvalue weighted by Crippen LogP contribution is -2.52. The van der Waals surface area contributed by atoms with E-state index in [1.165, 1.54) is 44.1 Å². The third-order valence-corrected chi connectivity index (χ3v) is 5.12. The molecule has 1 saturated carbocycles. The minimum atomic E-state index is 0.225. The summed E-state index contributed by atoms with van der Waals surface area (Å²) in [7, 11) is 3.96. The first-order valence-electron chi connectivity index (χ1n) is 8.24. The Bertz CT molecular complexity index is 408. The standard InChI is InChI=1S/C18H30N2O/c1-20(18(15-19)12-5-3-4-6-13-18)14-11-16-7-9-17(21-2)10-8-16/h7-10H,3-6,11-15,19H2,1-2H3. The van der Waals surface area contributed by atoms with Crippen LogP contribution in [0.15, 0.2) is 24.3 Å². The summed E-state index contributed by atoms with van der Waals surface area (Å²) >= 11 is 0. The van der Waals surface area contributed by atoms with Crippen molar-refractivity contribution in [2.24, 2.45) is 5.73 Å². The maximum absolute atomic E-state index is 6.16. The van der Waals surface area contributed by atoms with Gasteiger partial charge in [-0.2, -0.15) is 0 Å². The number of ether oxygens (including phenoxy) is 1. The summed E-state index contributed by atoms with van der Waals surface area (Å²) in [6.45, 7) is 1.86. The Morgan fingerprint density at radius 3 is 2.24 bits per heavy atom. The van der Waals surface area contributed by atoms with Gasteiger partial charge in [-0.15, -0.1) is 0 Å². The molecular weight excluding hydrogens is 260 g/mol. The summed E-state index contributed by atoms with van der Waals surface area (Å²) in [5.74, 6) is 0.925. The highest BCUT2D eigenvalue weighted by Crippen LogP contribution is 2.31. The Labute approximate surface area is 129 Å². The van der Waals surface area contributed by atoms with E-state index in [9.17, 15) is 0 Å². The predicted octanol–water partition coefficient (Wildman–Crippen LogP) is 3.22. The third kappa shape index (κ3) is 4.21. The number of rotatable bonds is 6. The first-order chi connectivity index (χ1) is 10.2. The number of nitrogens with zero attached hydrogens (tertiary/aromatic N) is 1. The Balaban J connectivity index is 1.93. The van der Waals surface area contributed by atoms with E-state index in [1.807, 2.05) is 12.1 Å². The monoisotopic (exact) mass is 290 g/mol. The summed E-state index contributed by atoms with van der Waals surface area (Å²) < 4.78 is 5.21. The molecule has 0 atom stereocenters. The van der Waals surface area contributed by atoms with Gasteiger partial charge < -0.3 is 10.5 Å². The molecule has 0 spiro atoms. The second-order valence-electron chi connectivity index (χ2n) is 6.36. The summed E-state index contributed by atoms with van der Waals surface area (Å²) in [5, 5.41) is 0. The van der Waals surface area contributed by atoms with Gasteiger partial charge in [-0.1, -0.05) is 37.8 Å². The van der Waals surface area contributed by atoms with E-state index < -0.39 is 0 Å². The highest BCUT2D eigenvalue weighted by Gasteiger charge is 2.33. The molecule has 0 radical (unpaired) electrons. The Kier molecular flexibility index (Phi) is 6.07. The lowest BCUT2D eigenvalue weighted by Gasteiger charge is -2.41. The predicted molar refractivity (Wildman–Crippen MR) is 88.8 cm³/mol. The van der Waals surface area contributed by atoms with E-state index in [0.717, 1.165) is 25.3 Å². The number of nitrogens with two attached hydrogens (primary N) is 1. The van der Waals surface area contributed by atoms with Crippen molar-refractivity contribution in [2.75, 3.05) is 27.2 Å². The van der Waals surface area contributed by atoms with Gasteiger partial charge in [-0.25, -0.2) is 0 Å². The summed E-state index contributed by atoms with van der Waals surface area (Å²) in [6, 6.07) is 8.41. The van der Waals surface area contributed by atoms with Crippen LogP contribution in [0.25, 0.3) is 0 Å². The molecule has 2 N–H and O–H groups in total. The molecule has 1 aliphatic rings. The zero-order valence-corrected chi connectivity index (χ0v) is 13.6. The molecule has 3 heteroatoms.